The van der Waals surface area contributed by atoms with Gasteiger partial charge in [0.1, 0.15) is 6.61 Å². The van der Waals surface area contributed by atoms with Crippen LogP contribution in [0.3, 0.4) is 0 Å². The number of hydrogen-bond donors (Lipinski definition) is 0. The maximum atomic E-state index is 5.42. The first-order valence-corrected chi connectivity index (χ1v) is 5.29. The molecule has 0 unspecified atom stereocenters. The molecule has 0 amide bonds. The van der Waals surface area contributed by atoms with Gasteiger partial charge < -0.3 is 4.74 Å². The molecule has 0 saturated heterocycles. The molecule has 1 aliphatic rings. The van der Waals surface area contributed by atoms with Crippen molar-refractivity contribution in [2.45, 2.75) is 6.92 Å². The van der Waals surface area contributed by atoms with Gasteiger partial charge >= 0.3 is 0 Å². The Morgan fingerprint density at radius 2 is 2.31 bits per heavy atom. The van der Waals surface area contributed by atoms with E-state index >= 15 is 0 Å². The summed E-state index contributed by atoms with van der Waals surface area (Å²) in [7, 11) is 0. The number of aryl methyl sites for hydroxylation is 1. The maximum Gasteiger partial charge on any atom is 0.216 e. The zero-order valence-electron chi connectivity index (χ0n) is 7.38. The normalized spacial score (nSPS) is 15.4. The van der Waals surface area contributed by atoms with E-state index in [-0.39, 0.29) is 0 Å². The van der Waals surface area contributed by atoms with Gasteiger partial charge in [-0.2, -0.15) is 0 Å². The zero-order valence-corrected chi connectivity index (χ0v) is 9.54. The van der Waals surface area contributed by atoms with E-state index in [1.807, 2.05) is 0 Å². The van der Waals surface area contributed by atoms with E-state index < -0.39 is 0 Å². The van der Waals surface area contributed by atoms with Crippen molar-refractivity contribution in [2.24, 2.45) is 4.99 Å². The van der Waals surface area contributed by atoms with Crippen molar-refractivity contribution in [3.63, 3.8) is 0 Å². The summed E-state index contributed by atoms with van der Waals surface area (Å²) in [5.74, 6) is 0.802. The number of rotatable bonds is 1. The molecule has 1 aliphatic heterocycles. The van der Waals surface area contributed by atoms with Crippen LogP contribution in [0.2, 0.25) is 0 Å². The Balaban J connectivity index is 2.43. The molecule has 0 saturated carbocycles. The third-order valence-corrected chi connectivity index (χ3v) is 2.69. The van der Waals surface area contributed by atoms with Crippen LogP contribution in [0.5, 0.6) is 0 Å². The molecule has 68 valence electrons. The lowest BCUT2D eigenvalue weighted by molar-refractivity contribution is 0.348. The van der Waals surface area contributed by atoms with Gasteiger partial charge in [-0.3, -0.25) is 0 Å². The summed E-state index contributed by atoms with van der Waals surface area (Å²) in [6.45, 7) is 3.59. The lowest BCUT2D eigenvalue weighted by Crippen LogP contribution is -2.03. The van der Waals surface area contributed by atoms with Crippen molar-refractivity contribution in [1.29, 1.82) is 0 Å². The smallest absolute Gasteiger partial charge is 0.216 e. The van der Waals surface area contributed by atoms with E-state index in [2.05, 4.69) is 52.7 Å². The molecule has 3 heteroatoms. The van der Waals surface area contributed by atoms with Gasteiger partial charge in [0.05, 0.1) is 6.54 Å². The van der Waals surface area contributed by atoms with Crippen LogP contribution in [-0.2, 0) is 4.74 Å². The number of halogens is 1. The van der Waals surface area contributed by atoms with Crippen LogP contribution in [0.4, 0.5) is 0 Å². The first-order chi connectivity index (χ1) is 6.27. The Hall–Kier alpha value is -0.580. The molecule has 0 aromatic heterocycles. The van der Waals surface area contributed by atoms with Crippen molar-refractivity contribution in [3.05, 3.63) is 32.9 Å². The Kier molecular flexibility index (Phi) is 2.53. The first-order valence-electron chi connectivity index (χ1n) is 4.21. The third kappa shape index (κ3) is 1.85. The minimum atomic E-state index is 0.722. The molecule has 0 atom stereocenters. The highest BCUT2D eigenvalue weighted by Gasteiger charge is 2.12. The molecule has 2 nitrogen and oxygen atoms in total. The summed E-state index contributed by atoms with van der Waals surface area (Å²) in [6.07, 6.45) is 0. The Morgan fingerprint density at radius 1 is 1.46 bits per heavy atom. The predicted octanol–water partition coefficient (Wildman–Crippen LogP) is 2.38. The second-order valence-corrected chi connectivity index (χ2v) is 4.24. The molecule has 0 N–H and O–H groups in total. The Morgan fingerprint density at radius 3 is 3.00 bits per heavy atom. The standard InChI is InChI=1S/C10H10INO/c1-7-2-3-8(11)6-9(7)10-12-4-5-13-10/h2-3,6H,4-5H2,1H3. The predicted molar refractivity (Wildman–Crippen MR) is 61.3 cm³/mol. The molecule has 13 heavy (non-hydrogen) atoms. The van der Waals surface area contributed by atoms with Gasteiger partial charge in [-0.25, -0.2) is 4.99 Å². The third-order valence-electron chi connectivity index (χ3n) is 2.02. The van der Waals surface area contributed by atoms with Crippen molar-refractivity contribution in [1.82, 2.24) is 0 Å². The van der Waals surface area contributed by atoms with Crippen LogP contribution in [0.1, 0.15) is 11.1 Å². The van der Waals surface area contributed by atoms with E-state index in [0.717, 1.165) is 24.6 Å². The minimum absolute atomic E-state index is 0.722. The number of benzene rings is 1. The molecule has 2 rings (SSSR count). The van der Waals surface area contributed by atoms with Crippen LogP contribution in [0, 0.1) is 10.5 Å². The molecule has 0 aliphatic carbocycles. The fourth-order valence-corrected chi connectivity index (χ4v) is 1.81. The average molecular weight is 287 g/mol. The lowest BCUT2D eigenvalue weighted by atomic mass is 10.1. The molecule has 0 fully saturated rings. The molecule has 0 spiro atoms. The van der Waals surface area contributed by atoms with Gasteiger partial charge in [0.15, 0.2) is 0 Å². The van der Waals surface area contributed by atoms with Crippen molar-refractivity contribution >= 4 is 28.5 Å². The van der Waals surface area contributed by atoms with Gasteiger partial charge in [-0.05, 0) is 47.2 Å². The SMILES string of the molecule is Cc1ccc(I)cc1C1=NCCO1. The van der Waals surface area contributed by atoms with E-state index in [0.29, 0.717) is 0 Å². The highest BCUT2D eigenvalue weighted by molar-refractivity contribution is 14.1. The summed E-state index contributed by atoms with van der Waals surface area (Å²) in [4.78, 5) is 4.30. The first kappa shape index (κ1) is 8.99. The van der Waals surface area contributed by atoms with Gasteiger partial charge in [0, 0.05) is 9.13 Å². The molecule has 1 aromatic rings. The van der Waals surface area contributed by atoms with Crippen LogP contribution in [-0.4, -0.2) is 19.0 Å². The van der Waals surface area contributed by atoms with Crippen LogP contribution >= 0.6 is 22.6 Å². The largest absolute Gasteiger partial charge is 0.476 e. The van der Waals surface area contributed by atoms with E-state index in [1.54, 1.807) is 0 Å². The summed E-state index contributed by atoms with van der Waals surface area (Å²) >= 11 is 2.30. The topological polar surface area (TPSA) is 21.6 Å². The molecule has 1 heterocycles. The molecule has 1 aromatic carbocycles. The summed E-state index contributed by atoms with van der Waals surface area (Å²) < 4.78 is 6.64. The van der Waals surface area contributed by atoms with E-state index in [9.17, 15) is 0 Å². The quantitative estimate of drug-likeness (QED) is 0.727. The molecule has 0 radical (unpaired) electrons. The highest BCUT2D eigenvalue weighted by Crippen LogP contribution is 2.16. The monoisotopic (exact) mass is 287 g/mol. The summed E-state index contributed by atoms with van der Waals surface area (Å²) in [5.41, 5.74) is 2.35. The van der Waals surface area contributed by atoms with Gasteiger partial charge in [0.25, 0.3) is 0 Å². The van der Waals surface area contributed by atoms with Crippen molar-refractivity contribution in [3.8, 4) is 0 Å². The van der Waals surface area contributed by atoms with Gasteiger partial charge in [-0.15, -0.1) is 0 Å². The van der Waals surface area contributed by atoms with Crippen LogP contribution in [0.15, 0.2) is 23.2 Å². The zero-order chi connectivity index (χ0) is 9.26. The van der Waals surface area contributed by atoms with Gasteiger partial charge in [0.2, 0.25) is 5.90 Å². The molecular weight excluding hydrogens is 277 g/mol. The fraction of sp³-hybridized carbons (Fsp3) is 0.300. The minimum Gasteiger partial charge on any atom is -0.476 e. The summed E-state index contributed by atoms with van der Waals surface area (Å²) in [5, 5.41) is 0. The van der Waals surface area contributed by atoms with Crippen LogP contribution < -0.4 is 0 Å². The Labute approximate surface area is 91.2 Å². The fourth-order valence-electron chi connectivity index (χ4n) is 1.32. The lowest BCUT2D eigenvalue weighted by Gasteiger charge is -2.05. The number of aliphatic imine (C=N–C) groups is 1. The number of hydrogen-bond acceptors (Lipinski definition) is 2. The second kappa shape index (κ2) is 3.65. The van der Waals surface area contributed by atoms with Crippen molar-refractivity contribution < 1.29 is 4.74 Å². The molecule has 0 bridgehead atoms. The van der Waals surface area contributed by atoms with Gasteiger partial charge in [-0.1, -0.05) is 6.07 Å². The van der Waals surface area contributed by atoms with E-state index in [1.165, 1.54) is 9.13 Å². The van der Waals surface area contributed by atoms with Crippen molar-refractivity contribution in [2.75, 3.05) is 13.2 Å². The average Bonchev–Trinajstić information content (AvgIpc) is 2.61. The van der Waals surface area contributed by atoms with Crippen LogP contribution in [0.25, 0.3) is 0 Å². The number of nitrogens with zero attached hydrogens (tertiary/aromatic N) is 1. The van der Waals surface area contributed by atoms with E-state index in [4.69, 9.17) is 4.74 Å². The molecular formula is C10H10INO. The maximum absolute atomic E-state index is 5.42. The second-order valence-electron chi connectivity index (χ2n) is 2.99. The highest BCUT2D eigenvalue weighted by atomic mass is 127. The Bertz CT molecular complexity index is 360. The number of ether oxygens (including phenoxy) is 1. The summed E-state index contributed by atoms with van der Waals surface area (Å²) in [6, 6.07) is 6.30.